The van der Waals surface area contributed by atoms with E-state index in [0.717, 1.165) is 23.8 Å². The molecular formula is C10H23N. The van der Waals surface area contributed by atoms with Gasteiger partial charge >= 0.3 is 0 Å². The van der Waals surface area contributed by atoms with Crippen LogP contribution in [0.25, 0.3) is 0 Å². The first-order valence-electron chi connectivity index (χ1n) is 4.94. The fourth-order valence-corrected chi connectivity index (χ4v) is 2.40. The number of hydrogen-bond donors (Lipinski definition) is 1. The fourth-order valence-electron chi connectivity index (χ4n) is 2.40. The molecule has 0 heterocycles. The van der Waals surface area contributed by atoms with E-state index in [-0.39, 0.29) is 1.43 Å². The van der Waals surface area contributed by atoms with Crippen LogP contribution < -0.4 is 5.73 Å². The molecule has 0 aromatic carbocycles. The Kier molecular flexibility index (Phi) is 2.94. The van der Waals surface area contributed by atoms with E-state index in [2.05, 4.69) is 26.5 Å². The molecule has 0 aliphatic heterocycles. The van der Waals surface area contributed by atoms with Crippen molar-refractivity contribution in [3.63, 3.8) is 0 Å². The molecule has 3 N–H and O–H groups in total. The van der Waals surface area contributed by atoms with Gasteiger partial charge in [-0.2, -0.15) is 0 Å². The minimum atomic E-state index is 0. The van der Waals surface area contributed by atoms with Gasteiger partial charge in [0.05, 0.1) is 6.04 Å². The molecule has 11 heavy (non-hydrogen) atoms. The van der Waals surface area contributed by atoms with E-state index in [1.54, 1.807) is 0 Å². The molecule has 1 nitrogen and oxygen atoms in total. The highest BCUT2D eigenvalue weighted by Gasteiger charge is 2.30. The first-order chi connectivity index (χ1) is 5.11. The summed E-state index contributed by atoms with van der Waals surface area (Å²) in [7, 11) is 0. The van der Waals surface area contributed by atoms with Crippen LogP contribution in [0, 0.1) is 17.8 Å². The molecule has 1 rings (SSSR count). The predicted octanol–water partition coefficient (Wildman–Crippen LogP) is 1.80. The van der Waals surface area contributed by atoms with E-state index in [1.807, 2.05) is 0 Å². The van der Waals surface area contributed by atoms with Crippen LogP contribution in [-0.2, 0) is 0 Å². The van der Waals surface area contributed by atoms with Crippen molar-refractivity contribution >= 4 is 0 Å². The molecule has 0 spiro atoms. The Morgan fingerprint density at radius 1 is 1.36 bits per heavy atom. The highest BCUT2D eigenvalue weighted by molar-refractivity contribution is 4.78. The monoisotopic (exact) mass is 157 g/mol. The lowest BCUT2D eigenvalue weighted by molar-refractivity contribution is -0.443. The Hall–Kier alpha value is -0.0400. The van der Waals surface area contributed by atoms with Crippen LogP contribution in [0.1, 0.15) is 41.5 Å². The molecule has 0 aromatic rings. The third-order valence-electron chi connectivity index (χ3n) is 3.16. The van der Waals surface area contributed by atoms with E-state index in [1.165, 1.54) is 19.3 Å². The minimum absolute atomic E-state index is 0. The van der Waals surface area contributed by atoms with E-state index in [4.69, 9.17) is 0 Å². The quantitative estimate of drug-likeness (QED) is 0.601. The summed E-state index contributed by atoms with van der Waals surface area (Å²) >= 11 is 0. The summed E-state index contributed by atoms with van der Waals surface area (Å²) in [5.74, 6) is 2.66. The molecule has 3 atom stereocenters. The Balaban J connectivity index is 0.00000121. The second-order valence-electron chi connectivity index (χ2n) is 4.59. The van der Waals surface area contributed by atoms with Crippen molar-refractivity contribution in [1.29, 1.82) is 0 Å². The summed E-state index contributed by atoms with van der Waals surface area (Å²) in [6.45, 7) is 7.02. The van der Waals surface area contributed by atoms with Gasteiger partial charge in [0, 0.05) is 12.3 Å². The number of hydrogen-bond acceptors (Lipinski definition) is 0. The SMILES string of the molecule is CC1CCC(C(C)C)C([NH3+])C1.[H-]. The Bertz CT molecular complexity index is 125. The molecule has 0 bridgehead atoms. The van der Waals surface area contributed by atoms with Crippen molar-refractivity contribution in [3.8, 4) is 0 Å². The van der Waals surface area contributed by atoms with Gasteiger partial charge in [0.1, 0.15) is 0 Å². The molecule has 1 aliphatic carbocycles. The highest BCUT2D eigenvalue weighted by Crippen LogP contribution is 2.31. The van der Waals surface area contributed by atoms with Crippen molar-refractivity contribution in [2.45, 2.75) is 46.1 Å². The van der Waals surface area contributed by atoms with Crippen molar-refractivity contribution in [3.05, 3.63) is 0 Å². The Morgan fingerprint density at radius 2 is 2.00 bits per heavy atom. The molecule has 1 saturated carbocycles. The van der Waals surface area contributed by atoms with Crippen molar-refractivity contribution in [2.75, 3.05) is 0 Å². The number of quaternary nitrogens is 1. The zero-order valence-corrected chi connectivity index (χ0v) is 8.14. The van der Waals surface area contributed by atoms with Gasteiger partial charge in [0.2, 0.25) is 0 Å². The standard InChI is InChI=1S/C10H21N.H/c1-7(2)9-5-4-8(3)6-10(9)11;/h7-10H,4-6,11H2,1-3H3;/q;-1/p+1. The number of rotatable bonds is 1. The van der Waals surface area contributed by atoms with E-state index in [0.29, 0.717) is 0 Å². The summed E-state index contributed by atoms with van der Waals surface area (Å²) in [5.41, 5.74) is 4.25. The highest BCUT2D eigenvalue weighted by atomic mass is 14.7. The summed E-state index contributed by atoms with van der Waals surface area (Å²) in [4.78, 5) is 0. The summed E-state index contributed by atoms with van der Waals surface area (Å²) in [6.07, 6.45) is 4.19. The molecule has 3 unspecified atom stereocenters. The van der Waals surface area contributed by atoms with Crippen LogP contribution in [0.2, 0.25) is 0 Å². The maximum absolute atomic E-state index is 4.25. The summed E-state index contributed by atoms with van der Waals surface area (Å²) in [5, 5.41) is 0. The van der Waals surface area contributed by atoms with Gasteiger partial charge in [-0.1, -0.05) is 20.8 Å². The molecule has 1 aliphatic rings. The predicted molar refractivity (Wildman–Crippen MR) is 49.1 cm³/mol. The molecule has 0 saturated heterocycles. The van der Waals surface area contributed by atoms with Crippen LogP contribution in [0.4, 0.5) is 0 Å². The normalized spacial score (nSPS) is 39.5. The van der Waals surface area contributed by atoms with Crippen LogP contribution in [0.5, 0.6) is 0 Å². The second kappa shape index (κ2) is 3.57. The van der Waals surface area contributed by atoms with Crippen LogP contribution in [0.3, 0.4) is 0 Å². The molecular weight excluding hydrogens is 134 g/mol. The topological polar surface area (TPSA) is 27.6 Å². The third-order valence-corrected chi connectivity index (χ3v) is 3.16. The van der Waals surface area contributed by atoms with Crippen LogP contribution >= 0.6 is 0 Å². The van der Waals surface area contributed by atoms with Gasteiger partial charge in [-0.05, 0) is 24.7 Å². The Labute approximate surface area is 71.8 Å². The molecule has 68 valence electrons. The largest absolute Gasteiger partial charge is 1.00 e. The minimum Gasteiger partial charge on any atom is -1.00 e. The maximum Gasteiger partial charge on any atom is 0.0877 e. The molecule has 0 radical (unpaired) electrons. The maximum atomic E-state index is 4.25. The summed E-state index contributed by atoms with van der Waals surface area (Å²) in [6, 6.07) is 0.721. The first-order valence-corrected chi connectivity index (χ1v) is 4.94. The van der Waals surface area contributed by atoms with Crippen molar-refractivity contribution < 1.29 is 7.16 Å². The van der Waals surface area contributed by atoms with Crippen LogP contribution in [0.15, 0.2) is 0 Å². The lowest BCUT2D eigenvalue weighted by Crippen LogP contribution is -2.66. The lowest BCUT2D eigenvalue weighted by Gasteiger charge is -2.32. The Morgan fingerprint density at radius 3 is 2.45 bits per heavy atom. The zero-order valence-electron chi connectivity index (χ0n) is 9.14. The lowest BCUT2D eigenvalue weighted by atomic mass is 9.74. The van der Waals surface area contributed by atoms with Gasteiger partial charge in [-0.25, -0.2) is 0 Å². The van der Waals surface area contributed by atoms with Gasteiger partial charge < -0.3 is 7.16 Å². The van der Waals surface area contributed by atoms with E-state index < -0.39 is 0 Å². The molecule has 0 amide bonds. The van der Waals surface area contributed by atoms with Crippen molar-refractivity contribution in [1.82, 2.24) is 0 Å². The average Bonchev–Trinajstić information content (AvgIpc) is 1.85. The third kappa shape index (κ3) is 2.19. The van der Waals surface area contributed by atoms with Gasteiger partial charge in [0.25, 0.3) is 0 Å². The smallest absolute Gasteiger partial charge is 0.0877 e. The molecule has 0 aromatic heterocycles. The van der Waals surface area contributed by atoms with Gasteiger partial charge in [-0.15, -0.1) is 0 Å². The molecule has 1 fully saturated rings. The average molecular weight is 157 g/mol. The van der Waals surface area contributed by atoms with Crippen molar-refractivity contribution in [2.24, 2.45) is 17.8 Å². The van der Waals surface area contributed by atoms with E-state index >= 15 is 0 Å². The second-order valence-corrected chi connectivity index (χ2v) is 4.59. The summed E-state index contributed by atoms with van der Waals surface area (Å²) < 4.78 is 0. The van der Waals surface area contributed by atoms with Crippen LogP contribution in [-0.4, -0.2) is 6.04 Å². The van der Waals surface area contributed by atoms with Gasteiger partial charge in [0.15, 0.2) is 0 Å². The zero-order chi connectivity index (χ0) is 8.43. The fraction of sp³-hybridized carbons (Fsp3) is 1.00. The van der Waals surface area contributed by atoms with E-state index in [9.17, 15) is 0 Å². The molecule has 1 heteroatoms. The first kappa shape index (κ1) is 9.05. The van der Waals surface area contributed by atoms with Gasteiger partial charge in [-0.3, -0.25) is 0 Å².